The second kappa shape index (κ2) is 11.2. The number of likely N-dealkylation sites (tertiary alicyclic amines) is 1. The van der Waals surface area contributed by atoms with Gasteiger partial charge in [-0.15, -0.1) is 0 Å². The molecule has 0 atom stereocenters. The number of amides is 1. The van der Waals surface area contributed by atoms with Crippen molar-refractivity contribution in [3.8, 4) is 0 Å². The van der Waals surface area contributed by atoms with Gasteiger partial charge in [-0.25, -0.2) is 8.42 Å². The number of rotatable bonds is 5. The zero-order chi connectivity index (χ0) is 30.5. The Morgan fingerprint density at radius 2 is 1.44 bits per heavy atom. The number of nitrogens with one attached hydrogen (secondary N) is 1. The summed E-state index contributed by atoms with van der Waals surface area (Å²) in [6.07, 6.45) is -1.26. The van der Waals surface area contributed by atoms with Crippen LogP contribution in [-0.4, -0.2) is 50.6 Å². The zero-order valence-corrected chi connectivity index (χ0v) is 25.9. The van der Waals surface area contributed by atoms with E-state index in [0.29, 0.717) is 50.8 Å². The van der Waals surface area contributed by atoms with E-state index >= 15 is 0 Å². The van der Waals surface area contributed by atoms with E-state index in [1.807, 2.05) is 30.3 Å². The number of hydrogen-bond acceptors (Lipinski definition) is 5. The number of benzene rings is 3. The fraction of sp³-hybridized carbons (Fsp3) is 0.406. The first-order valence-electron chi connectivity index (χ1n) is 14.5. The van der Waals surface area contributed by atoms with Crippen LogP contribution in [0.15, 0.2) is 88.2 Å². The Hall–Kier alpha value is -2.89. The van der Waals surface area contributed by atoms with E-state index in [1.165, 1.54) is 0 Å². The minimum atomic E-state index is -4.55. The molecular weight excluding hydrogens is 643 g/mol. The molecular formula is C32H33BrF3N3O3S. The number of carbonyl (C=O) groups is 1. The summed E-state index contributed by atoms with van der Waals surface area (Å²) < 4.78 is 67.7. The molecule has 2 aliphatic heterocycles. The van der Waals surface area contributed by atoms with Crippen molar-refractivity contribution in [1.29, 1.82) is 0 Å². The van der Waals surface area contributed by atoms with Crippen molar-refractivity contribution in [2.24, 2.45) is 0 Å². The van der Waals surface area contributed by atoms with E-state index in [9.17, 15) is 26.4 Å². The fourth-order valence-corrected chi connectivity index (χ4v) is 9.67. The highest BCUT2D eigenvalue weighted by Crippen LogP contribution is 2.49. The van der Waals surface area contributed by atoms with Gasteiger partial charge in [-0.1, -0.05) is 46.3 Å². The topological polar surface area (TPSA) is 69.7 Å². The third-order valence-corrected chi connectivity index (χ3v) is 12.8. The van der Waals surface area contributed by atoms with Crippen molar-refractivity contribution < 1.29 is 26.4 Å². The number of nitrogens with zero attached hydrogens (tertiary/aromatic N) is 2. The average molecular weight is 677 g/mol. The van der Waals surface area contributed by atoms with Crippen LogP contribution in [0.2, 0.25) is 0 Å². The molecule has 1 N–H and O–H groups in total. The summed E-state index contributed by atoms with van der Waals surface area (Å²) in [4.78, 5) is 17.6. The van der Waals surface area contributed by atoms with E-state index < -0.39 is 31.9 Å². The van der Waals surface area contributed by atoms with Gasteiger partial charge in [-0.3, -0.25) is 4.79 Å². The Balaban J connectivity index is 1.22. The summed E-state index contributed by atoms with van der Waals surface area (Å²) in [6, 6.07) is 21.2. The number of halogens is 4. The summed E-state index contributed by atoms with van der Waals surface area (Å²) in [7, 11) is -4.03. The Morgan fingerprint density at radius 3 is 2.02 bits per heavy atom. The highest BCUT2D eigenvalue weighted by atomic mass is 79.9. The van der Waals surface area contributed by atoms with E-state index in [1.54, 1.807) is 24.3 Å². The number of alkyl halides is 3. The van der Waals surface area contributed by atoms with Gasteiger partial charge in [0.25, 0.3) is 0 Å². The zero-order valence-electron chi connectivity index (χ0n) is 23.5. The standard InChI is InChI=1S/C32H33BrF3N3O3S/c33-25-10-6-23(7-11-25)31(43(41,42)28-12-8-24(9-13-28)32(34,35)36)16-14-26(15-17-31)38-20-18-30(19-21-38)29(40)37-22-39(30)27-4-2-1-3-5-27/h1-13,26H,14-22H2,(H,37,40). The first-order valence-corrected chi connectivity index (χ1v) is 16.8. The van der Waals surface area contributed by atoms with Crippen LogP contribution in [0.25, 0.3) is 0 Å². The molecule has 3 aromatic rings. The molecule has 11 heteroatoms. The van der Waals surface area contributed by atoms with Crippen LogP contribution < -0.4 is 10.2 Å². The van der Waals surface area contributed by atoms with Crippen LogP contribution in [0.1, 0.15) is 49.7 Å². The number of sulfone groups is 1. The van der Waals surface area contributed by atoms with E-state index in [2.05, 4.69) is 31.0 Å². The molecule has 3 aliphatic rings. The Kier molecular flexibility index (Phi) is 7.88. The monoisotopic (exact) mass is 675 g/mol. The molecule has 6 rings (SSSR count). The van der Waals surface area contributed by atoms with Crippen LogP contribution in [0.3, 0.4) is 0 Å². The smallest absolute Gasteiger partial charge is 0.339 e. The van der Waals surface area contributed by atoms with Crippen molar-refractivity contribution in [3.05, 3.63) is 94.5 Å². The summed E-state index contributed by atoms with van der Waals surface area (Å²) in [5, 5.41) is 3.04. The minimum Gasteiger partial charge on any atom is -0.339 e. The Morgan fingerprint density at radius 1 is 0.837 bits per heavy atom. The van der Waals surface area contributed by atoms with Crippen molar-refractivity contribution >= 4 is 37.4 Å². The SMILES string of the molecule is O=C1NCN(c2ccccc2)C12CCN(C1CCC(c3ccc(Br)cc3)(S(=O)(=O)c3ccc(C(F)(F)F)cc3)CC1)CC2. The molecule has 6 nitrogen and oxygen atoms in total. The predicted molar refractivity (Wildman–Crippen MR) is 162 cm³/mol. The molecule has 228 valence electrons. The molecule has 1 saturated carbocycles. The normalized spacial score (nSPS) is 24.7. The van der Waals surface area contributed by atoms with Gasteiger partial charge in [-0.05, 0) is 92.6 Å². The molecule has 0 bridgehead atoms. The van der Waals surface area contributed by atoms with Crippen LogP contribution in [0.5, 0.6) is 0 Å². The average Bonchev–Trinajstić information content (AvgIpc) is 3.32. The predicted octanol–water partition coefficient (Wildman–Crippen LogP) is 6.51. The van der Waals surface area contributed by atoms with E-state index in [0.717, 1.165) is 47.5 Å². The lowest BCUT2D eigenvalue weighted by atomic mass is 9.78. The lowest BCUT2D eigenvalue weighted by Crippen LogP contribution is -2.58. The molecule has 2 saturated heterocycles. The van der Waals surface area contributed by atoms with Crippen molar-refractivity contribution in [1.82, 2.24) is 10.2 Å². The number of piperidine rings is 1. The largest absolute Gasteiger partial charge is 0.416 e. The van der Waals surface area contributed by atoms with Crippen molar-refractivity contribution in [2.45, 2.75) is 65.9 Å². The lowest BCUT2D eigenvalue weighted by molar-refractivity contribution is -0.137. The summed E-state index contributed by atoms with van der Waals surface area (Å²) >= 11 is 3.42. The van der Waals surface area contributed by atoms with Gasteiger partial charge in [0.05, 0.1) is 17.1 Å². The van der Waals surface area contributed by atoms with Crippen LogP contribution >= 0.6 is 15.9 Å². The van der Waals surface area contributed by atoms with Crippen LogP contribution in [0, 0.1) is 0 Å². The molecule has 0 unspecified atom stereocenters. The number of hydrogen-bond donors (Lipinski definition) is 1. The molecule has 3 aromatic carbocycles. The maximum atomic E-state index is 14.3. The number of anilines is 1. The molecule has 1 amide bonds. The third kappa shape index (κ3) is 5.27. The number of carbonyl (C=O) groups excluding carboxylic acids is 1. The summed E-state index contributed by atoms with van der Waals surface area (Å²) in [6.45, 7) is 1.92. The molecule has 0 radical (unpaired) electrons. The fourth-order valence-electron chi connectivity index (χ4n) is 7.24. The second-order valence-electron chi connectivity index (χ2n) is 11.8. The molecule has 1 aliphatic carbocycles. The van der Waals surface area contributed by atoms with E-state index in [-0.39, 0.29) is 16.8 Å². The first kappa shape index (κ1) is 30.1. The van der Waals surface area contributed by atoms with Gasteiger partial charge in [0.2, 0.25) is 5.91 Å². The highest BCUT2D eigenvalue weighted by molar-refractivity contribution is 9.10. The van der Waals surface area contributed by atoms with E-state index in [4.69, 9.17) is 0 Å². The summed E-state index contributed by atoms with van der Waals surface area (Å²) in [5.74, 6) is 0.0523. The molecule has 1 spiro atoms. The van der Waals surface area contributed by atoms with Crippen molar-refractivity contribution in [3.63, 3.8) is 0 Å². The third-order valence-electron chi connectivity index (χ3n) is 9.69. The van der Waals surface area contributed by atoms with Crippen LogP contribution in [-0.2, 0) is 25.6 Å². The Labute approximate surface area is 258 Å². The van der Waals surface area contributed by atoms with Gasteiger partial charge in [-0.2, -0.15) is 13.2 Å². The van der Waals surface area contributed by atoms with Crippen LogP contribution in [0.4, 0.5) is 18.9 Å². The molecule has 0 aromatic heterocycles. The minimum absolute atomic E-state index is 0.0523. The maximum Gasteiger partial charge on any atom is 0.416 e. The first-order chi connectivity index (χ1) is 20.5. The van der Waals surface area contributed by atoms with Gasteiger partial charge < -0.3 is 15.1 Å². The maximum absolute atomic E-state index is 14.3. The van der Waals surface area contributed by atoms with Gasteiger partial charge in [0, 0.05) is 29.3 Å². The second-order valence-corrected chi connectivity index (χ2v) is 14.9. The van der Waals surface area contributed by atoms with Gasteiger partial charge >= 0.3 is 6.18 Å². The molecule has 3 fully saturated rings. The summed E-state index contributed by atoms with van der Waals surface area (Å²) in [5.41, 5.74) is 0.185. The highest BCUT2D eigenvalue weighted by Gasteiger charge is 2.53. The lowest BCUT2D eigenvalue weighted by Gasteiger charge is -2.48. The number of para-hydroxylation sites is 1. The van der Waals surface area contributed by atoms with Gasteiger partial charge in [0.1, 0.15) is 10.3 Å². The molecule has 2 heterocycles. The van der Waals surface area contributed by atoms with Gasteiger partial charge in [0.15, 0.2) is 9.84 Å². The molecule has 43 heavy (non-hydrogen) atoms. The Bertz CT molecular complexity index is 1570. The van der Waals surface area contributed by atoms with Crippen molar-refractivity contribution in [2.75, 3.05) is 24.7 Å². The quantitative estimate of drug-likeness (QED) is 0.334.